The minimum absolute atomic E-state index is 0.140. The Morgan fingerprint density at radius 3 is 3.11 bits per heavy atom. The predicted octanol–water partition coefficient (Wildman–Crippen LogP) is 2.15. The first-order chi connectivity index (χ1) is 9.22. The second-order valence-electron chi connectivity index (χ2n) is 4.59. The van der Waals surface area contributed by atoms with E-state index in [1.807, 2.05) is 18.7 Å². The van der Waals surface area contributed by atoms with Gasteiger partial charge in [0.25, 0.3) is 5.91 Å². The third-order valence-corrected chi connectivity index (χ3v) is 4.39. The van der Waals surface area contributed by atoms with E-state index in [9.17, 15) is 4.79 Å². The molecule has 0 aliphatic carbocycles. The van der Waals surface area contributed by atoms with Crippen molar-refractivity contribution in [2.45, 2.75) is 13.3 Å². The number of amides is 1. The largest absolute Gasteiger partial charge is 0.493 e. The van der Waals surface area contributed by atoms with Gasteiger partial charge < -0.3 is 15.8 Å². The van der Waals surface area contributed by atoms with Crippen molar-refractivity contribution in [3.8, 4) is 5.75 Å². The number of ether oxygens (including phenoxy) is 1. The van der Waals surface area contributed by atoms with Gasteiger partial charge in [-0.3, -0.25) is 4.79 Å². The Balaban J connectivity index is 2.04. The van der Waals surface area contributed by atoms with Crippen LogP contribution in [0, 0.1) is 5.92 Å². The molecule has 1 aromatic rings. The molecule has 1 heterocycles. The van der Waals surface area contributed by atoms with E-state index in [4.69, 9.17) is 10.5 Å². The monoisotopic (exact) mass is 280 g/mol. The Morgan fingerprint density at radius 2 is 2.42 bits per heavy atom. The third kappa shape index (κ3) is 3.56. The minimum Gasteiger partial charge on any atom is -0.493 e. The average Bonchev–Trinajstić information content (AvgIpc) is 2.90. The van der Waals surface area contributed by atoms with E-state index < -0.39 is 0 Å². The van der Waals surface area contributed by atoms with Crippen LogP contribution in [-0.4, -0.2) is 30.6 Å². The molecule has 3 N–H and O–H groups in total. The van der Waals surface area contributed by atoms with Crippen LogP contribution < -0.4 is 15.8 Å². The molecule has 4 nitrogen and oxygen atoms in total. The average molecular weight is 280 g/mol. The zero-order valence-corrected chi connectivity index (χ0v) is 12.0. The van der Waals surface area contributed by atoms with E-state index in [0.29, 0.717) is 36.1 Å². The molecule has 1 saturated heterocycles. The first kappa shape index (κ1) is 14.1. The fraction of sp³-hybridized carbons (Fsp3) is 0.500. The van der Waals surface area contributed by atoms with Crippen molar-refractivity contribution in [2.24, 2.45) is 5.92 Å². The number of thioether (sulfide) groups is 1. The minimum atomic E-state index is -0.140. The van der Waals surface area contributed by atoms with E-state index in [2.05, 4.69) is 5.32 Å². The third-order valence-electron chi connectivity index (χ3n) is 3.16. The molecule has 5 heteroatoms. The van der Waals surface area contributed by atoms with Crippen LogP contribution in [0.3, 0.4) is 0 Å². The molecule has 2 rings (SSSR count). The maximum absolute atomic E-state index is 12.2. The molecule has 1 unspecified atom stereocenters. The van der Waals surface area contributed by atoms with Crippen LogP contribution in [0.15, 0.2) is 18.2 Å². The number of carbonyl (C=O) groups excluding carboxylic acids is 1. The number of carbonyl (C=O) groups is 1. The van der Waals surface area contributed by atoms with Crippen LogP contribution >= 0.6 is 11.8 Å². The first-order valence-corrected chi connectivity index (χ1v) is 7.75. The van der Waals surface area contributed by atoms with Crippen LogP contribution in [0.4, 0.5) is 5.69 Å². The van der Waals surface area contributed by atoms with Crippen LogP contribution in [0.5, 0.6) is 5.75 Å². The Bertz CT molecular complexity index is 445. The molecule has 1 amide bonds. The molecule has 1 aliphatic rings. The number of hydrogen-bond donors (Lipinski definition) is 2. The van der Waals surface area contributed by atoms with Gasteiger partial charge >= 0.3 is 0 Å². The highest BCUT2D eigenvalue weighted by Crippen LogP contribution is 2.25. The molecule has 1 aromatic carbocycles. The number of benzene rings is 1. The number of anilines is 1. The van der Waals surface area contributed by atoms with Crippen molar-refractivity contribution in [1.29, 1.82) is 0 Å². The van der Waals surface area contributed by atoms with Crippen molar-refractivity contribution < 1.29 is 9.53 Å². The lowest BCUT2D eigenvalue weighted by Crippen LogP contribution is -2.30. The van der Waals surface area contributed by atoms with Crippen molar-refractivity contribution in [2.75, 3.05) is 30.4 Å². The summed E-state index contributed by atoms with van der Waals surface area (Å²) in [5.41, 5.74) is 6.81. The maximum Gasteiger partial charge on any atom is 0.257 e. The lowest BCUT2D eigenvalue weighted by molar-refractivity contribution is 0.0945. The number of nitrogens with two attached hydrogens (primary N) is 1. The standard InChI is InChI=1S/C14H20N2O2S/c1-2-18-12-5-3-4-11(15)13(12)14(17)16-8-10-6-7-19-9-10/h3-5,10H,2,6-9,15H2,1H3,(H,16,17). The van der Waals surface area contributed by atoms with Crippen LogP contribution in [0.25, 0.3) is 0 Å². The van der Waals surface area contributed by atoms with E-state index in [1.54, 1.807) is 18.2 Å². The van der Waals surface area contributed by atoms with Gasteiger partial charge in [0.15, 0.2) is 0 Å². The van der Waals surface area contributed by atoms with Crippen molar-refractivity contribution in [3.63, 3.8) is 0 Å². The summed E-state index contributed by atoms with van der Waals surface area (Å²) < 4.78 is 5.47. The van der Waals surface area contributed by atoms with Gasteiger partial charge in [0.05, 0.1) is 6.61 Å². The fourth-order valence-corrected chi connectivity index (χ4v) is 3.42. The fourth-order valence-electron chi connectivity index (χ4n) is 2.14. The van der Waals surface area contributed by atoms with Gasteiger partial charge in [-0.25, -0.2) is 0 Å². The Hall–Kier alpha value is -1.36. The normalized spacial score (nSPS) is 18.3. The van der Waals surface area contributed by atoms with Crippen molar-refractivity contribution >= 4 is 23.4 Å². The molecule has 1 atom stereocenters. The highest BCUT2D eigenvalue weighted by atomic mass is 32.2. The summed E-state index contributed by atoms with van der Waals surface area (Å²) in [7, 11) is 0. The zero-order valence-electron chi connectivity index (χ0n) is 11.1. The highest BCUT2D eigenvalue weighted by molar-refractivity contribution is 7.99. The Labute approximate surface area is 118 Å². The van der Waals surface area contributed by atoms with Gasteiger partial charge in [-0.05, 0) is 42.9 Å². The van der Waals surface area contributed by atoms with E-state index >= 15 is 0 Å². The molecule has 0 bridgehead atoms. The maximum atomic E-state index is 12.2. The molecular weight excluding hydrogens is 260 g/mol. The Kier molecular flexibility index (Phi) is 4.96. The van der Waals surface area contributed by atoms with Crippen LogP contribution in [0.2, 0.25) is 0 Å². The van der Waals surface area contributed by atoms with E-state index in [-0.39, 0.29) is 5.91 Å². The zero-order chi connectivity index (χ0) is 13.7. The smallest absolute Gasteiger partial charge is 0.257 e. The highest BCUT2D eigenvalue weighted by Gasteiger charge is 2.19. The van der Waals surface area contributed by atoms with Gasteiger partial charge in [-0.2, -0.15) is 11.8 Å². The molecule has 0 saturated carbocycles. The SMILES string of the molecule is CCOc1cccc(N)c1C(=O)NCC1CCSC1. The molecule has 104 valence electrons. The summed E-state index contributed by atoms with van der Waals surface area (Å²) in [4.78, 5) is 12.2. The molecule has 0 spiro atoms. The summed E-state index contributed by atoms with van der Waals surface area (Å²) in [5, 5.41) is 2.97. The summed E-state index contributed by atoms with van der Waals surface area (Å²) in [6.07, 6.45) is 1.17. The lowest BCUT2D eigenvalue weighted by atomic mass is 10.1. The first-order valence-electron chi connectivity index (χ1n) is 6.59. The summed E-state index contributed by atoms with van der Waals surface area (Å²) in [6, 6.07) is 5.30. The van der Waals surface area contributed by atoms with Gasteiger partial charge in [0.1, 0.15) is 11.3 Å². The predicted molar refractivity (Wildman–Crippen MR) is 79.8 cm³/mol. The molecular formula is C14H20N2O2S. The Morgan fingerprint density at radius 1 is 1.58 bits per heavy atom. The molecule has 1 aliphatic heterocycles. The molecule has 0 radical (unpaired) electrons. The van der Waals surface area contributed by atoms with Crippen LogP contribution in [0.1, 0.15) is 23.7 Å². The molecule has 19 heavy (non-hydrogen) atoms. The second-order valence-corrected chi connectivity index (χ2v) is 5.74. The summed E-state index contributed by atoms with van der Waals surface area (Å²) in [6.45, 7) is 3.12. The van der Waals surface area contributed by atoms with Gasteiger partial charge in [-0.15, -0.1) is 0 Å². The second kappa shape index (κ2) is 6.70. The van der Waals surface area contributed by atoms with E-state index in [1.165, 1.54) is 12.2 Å². The van der Waals surface area contributed by atoms with Gasteiger partial charge in [0, 0.05) is 12.2 Å². The lowest BCUT2D eigenvalue weighted by Gasteiger charge is -2.14. The summed E-state index contributed by atoms with van der Waals surface area (Å²) >= 11 is 1.94. The number of hydrogen-bond acceptors (Lipinski definition) is 4. The van der Waals surface area contributed by atoms with Gasteiger partial charge in [-0.1, -0.05) is 6.07 Å². The van der Waals surface area contributed by atoms with Gasteiger partial charge in [0.2, 0.25) is 0 Å². The number of nitrogens with one attached hydrogen (secondary N) is 1. The number of rotatable bonds is 5. The van der Waals surface area contributed by atoms with E-state index in [0.717, 1.165) is 5.75 Å². The van der Waals surface area contributed by atoms with Crippen molar-refractivity contribution in [1.82, 2.24) is 5.32 Å². The van der Waals surface area contributed by atoms with Crippen molar-refractivity contribution in [3.05, 3.63) is 23.8 Å². The quantitative estimate of drug-likeness (QED) is 0.811. The molecule has 1 fully saturated rings. The topological polar surface area (TPSA) is 64.3 Å². The summed E-state index contributed by atoms with van der Waals surface area (Å²) in [5.74, 6) is 3.31. The molecule has 0 aromatic heterocycles. The van der Waals surface area contributed by atoms with Crippen LogP contribution in [-0.2, 0) is 0 Å². The number of nitrogen functional groups attached to an aromatic ring is 1.